The van der Waals surface area contributed by atoms with Crippen LogP contribution in [0, 0.1) is 12.7 Å². The molecule has 94 valence electrons. The Kier molecular flexibility index (Phi) is 3.76. The molecule has 0 spiro atoms. The van der Waals surface area contributed by atoms with Crippen molar-refractivity contribution in [2.45, 2.75) is 6.92 Å². The smallest absolute Gasteiger partial charge is 0.227 e. The predicted octanol–water partition coefficient (Wildman–Crippen LogP) is 3.52. The lowest BCUT2D eigenvalue weighted by Gasteiger charge is -2.09. The molecule has 1 N–H and O–H groups in total. The van der Waals surface area contributed by atoms with Crippen LogP contribution in [0.25, 0.3) is 0 Å². The lowest BCUT2D eigenvalue weighted by atomic mass is 10.3. The highest BCUT2D eigenvalue weighted by atomic mass is 79.9. The molecule has 0 unspecified atom stereocenters. The van der Waals surface area contributed by atoms with E-state index < -0.39 is 5.82 Å². The van der Waals surface area contributed by atoms with Crippen LogP contribution in [0.5, 0.6) is 11.6 Å². The summed E-state index contributed by atoms with van der Waals surface area (Å²) in [5.74, 6) is 0.430. The number of halogens is 2. The van der Waals surface area contributed by atoms with Gasteiger partial charge in [0.1, 0.15) is 0 Å². The zero-order valence-corrected chi connectivity index (χ0v) is 11.5. The summed E-state index contributed by atoms with van der Waals surface area (Å²) in [7, 11) is 1.70. The van der Waals surface area contributed by atoms with Gasteiger partial charge in [0.15, 0.2) is 11.6 Å². The molecule has 0 atom stereocenters. The van der Waals surface area contributed by atoms with Crippen LogP contribution in [0.4, 0.5) is 10.3 Å². The first kappa shape index (κ1) is 12.8. The first-order chi connectivity index (χ1) is 8.60. The molecule has 0 aliphatic heterocycles. The van der Waals surface area contributed by atoms with E-state index in [1.807, 2.05) is 0 Å². The van der Waals surface area contributed by atoms with Crippen molar-refractivity contribution in [2.75, 3.05) is 12.4 Å². The minimum absolute atomic E-state index is 0.127. The fraction of sp³-hybridized carbons (Fsp3) is 0.167. The van der Waals surface area contributed by atoms with Gasteiger partial charge in [-0.3, -0.25) is 0 Å². The summed E-state index contributed by atoms with van der Waals surface area (Å²) in [5, 5.41) is 2.80. The Balaban J connectivity index is 2.33. The van der Waals surface area contributed by atoms with E-state index in [-0.39, 0.29) is 5.75 Å². The van der Waals surface area contributed by atoms with Gasteiger partial charge in [-0.1, -0.05) is 15.9 Å². The van der Waals surface area contributed by atoms with Crippen molar-refractivity contribution in [1.29, 1.82) is 0 Å². The van der Waals surface area contributed by atoms with Crippen LogP contribution in [-0.4, -0.2) is 17.0 Å². The van der Waals surface area contributed by atoms with Crippen LogP contribution >= 0.6 is 15.9 Å². The quantitative estimate of drug-likeness (QED) is 0.942. The van der Waals surface area contributed by atoms with Gasteiger partial charge in [-0.2, -0.15) is 4.98 Å². The second-order valence-electron chi connectivity index (χ2n) is 3.61. The van der Waals surface area contributed by atoms with Crippen molar-refractivity contribution in [3.05, 3.63) is 40.2 Å². The molecule has 2 rings (SSSR count). The minimum atomic E-state index is -0.451. The van der Waals surface area contributed by atoms with Gasteiger partial charge in [0.25, 0.3) is 0 Å². The number of ether oxygens (including phenoxy) is 1. The van der Waals surface area contributed by atoms with Crippen LogP contribution in [0.2, 0.25) is 0 Å². The van der Waals surface area contributed by atoms with Gasteiger partial charge in [-0.15, -0.1) is 0 Å². The molecule has 1 aromatic carbocycles. The van der Waals surface area contributed by atoms with E-state index in [2.05, 4.69) is 31.2 Å². The van der Waals surface area contributed by atoms with Gasteiger partial charge in [0.2, 0.25) is 11.8 Å². The Labute approximate surface area is 112 Å². The number of nitrogens with zero attached hydrogens (tertiary/aromatic N) is 2. The van der Waals surface area contributed by atoms with E-state index in [9.17, 15) is 4.39 Å². The first-order valence-corrected chi connectivity index (χ1v) is 6.03. The van der Waals surface area contributed by atoms with E-state index in [0.29, 0.717) is 16.3 Å². The summed E-state index contributed by atoms with van der Waals surface area (Å²) in [4.78, 5) is 8.16. The second kappa shape index (κ2) is 5.30. The van der Waals surface area contributed by atoms with E-state index in [4.69, 9.17) is 4.74 Å². The van der Waals surface area contributed by atoms with Gasteiger partial charge in [-0.05, 0) is 25.1 Å². The Morgan fingerprint density at radius 3 is 2.83 bits per heavy atom. The Morgan fingerprint density at radius 1 is 1.39 bits per heavy atom. The van der Waals surface area contributed by atoms with Crippen LogP contribution in [-0.2, 0) is 0 Å². The highest BCUT2D eigenvalue weighted by molar-refractivity contribution is 9.10. The van der Waals surface area contributed by atoms with Crippen molar-refractivity contribution >= 4 is 21.9 Å². The molecule has 18 heavy (non-hydrogen) atoms. The van der Waals surface area contributed by atoms with Gasteiger partial charge in [0.05, 0.1) is 0 Å². The molecule has 2 aromatic rings. The largest absolute Gasteiger partial charge is 0.435 e. The maximum atomic E-state index is 13.6. The number of hydrogen-bond acceptors (Lipinski definition) is 4. The average molecular weight is 312 g/mol. The predicted molar refractivity (Wildman–Crippen MR) is 70.5 cm³/mol. The normalized spacial score (nSPS) is 10.2. The van der Waals surface area contributed by atoms with E-state index in [1.54, 1.807) is 32.3 Å². The molecule has 0 saturated heterocycles. The maximum absolute atomic E-state index is 13.6. The molecule has 0 aliphatic rings. The van der Waals surface area contributed by atoms with E-state index >= 15 is 0 Å². The monoisotopic (exact) mass is 311 g/mol. The number of rotatable bonds is 3. The minimum Gasteiger partial charge on any atom is -0.435 e. The molecule has 0 bridgehead atoms. The SMILES string of the molecule is CNc1ncc(C)c(Oc2ccc(Br)cc2F)n1. The number of aromatic nitrogens is 2. The summed E-state index contributed by atoms with van der Waals surface area (Å²) in [6.07, 6.45) is 1.62. The van der Waals surface area contributed by atoms with Crippen molar-refractivity contribution in [1.82, 2.24) is 9.97 Å². The molecular formula is C12H11BrFN3O. The highest BCUT2D eigenvalue weighted by Crippen LogP contribution is 2.27. The lowest BCUT2D eigenvalue weighted by molar-refractivity contribution is 0.424. The summed E-state index contributed by atoms with van der Waals surface area (Å²) in [5.41, 5.74) is 0.733. The second-order valence-corrected chi connectivity index (χ2v) is 4.52. The number of hydrogen-bond donors (Lipinski definition) is 1. The van der Waals surface area contributed by atoms with Crippen molar-refractivity contribution in [3.8, 4) is 11.6 Å². The molecule has 0 aliphatic carbocycles. The summed E-state index contributed by atoms with van der Waals surface area (Å²) in [6.45, 7) is 1.80. The molecule has 4 nitrogen and oxygen atoms in total. The molecule has 0 saturated carbocycles. The van der Waals surface area contributed by atoms with Gasteiger partial charge in [-0.25, -0.2) is 9.37 Å². The molecule has 1 aromatic heterocycles. The lowest BCUT2D eigenvalue weighted by Crippen LogP contribution is -2.00. The number of nitrogens with one attached hydrogen (secondary N) is 1. The summed E-state index contributed by atoms with van der Waals surface area (Å²) < 4.78 is 19.7. The zero-order valence-electron chi connectivity index (χ0n) is 9.87. The van der Waals surface area contributed by atoms with Crippen LogP contribution in [0.1, 0.15) is 5.56 Å². The highest BCUT2D eigenvalue weighted by Gasteiger charge is 2.09. The molecule has 1 heterocycles. The van der Waals surface area contributed by atoms with Gasteiger partial charge in [0, 0.05) is 23.3 Å². The molecule has 6 heteroatoms. The van der Waals surface area contributed by atoms with Crippen LogP contribution in [0.3, 0.4) is 0 Å². The van der Waals surface area contributed by atoms with Gasteiger partial charge < -0.3 is 10.1 Å². The van der Waals surface area contributed by atoms with Crippen LogP contribution < -0.4 is 10.1 Å². The third-order valence-corrected chi connectivity index (χ3v) is 2.74. The van der Waals surface area contributed by atoms with Crippen LogP contribution in [0.15, 0.2) is 28.9 Å². The Hall–Kier alpha value is -1.69. The summed E-state index contributed by atoms with van der Waals surface area (Å²) in [6, 6.07) is 4.58. The van der Waals surface area contributed by atoms with E-state index in [1.165, 1.54) is 6.07 Å². The number of benzene rings is 1. The standard InChI is InChI=1S/C12H11BrFN3O/c1-7-6-16-12(15-2)17-11(7)18-10-4-3-8(13)5-9(10)14/h3-6H,1-2H3,(H,15,16,17). The average Bonchev–Trinajstić information content (AvgIpc) is 2.35. The maximum Gasteiger partial charge on any atom is 0.227 e. The first-order valence-electron chi connectivity index (χ1n) is 5.24. The van der Waals surface area contributed by atoms with Crippen molar-refractivity contribution < 1.29 is 9.13 Å². The molecule has 0 amide bonds. The Morgan fingerprint density at radius 2 is 2.17 bits per heavy atom. The topological polar surface area (TPSA) is 47.0 Å². The number of aryl methyl sites for hydroxylation is 1. The van der Waals surface area contributed by atoms with Crippen molar-refractivity contribution in [2.24, 2.45) is 0 Å². The van der Waals surface area contributed by atoms with Gasteiger partial charge >= 0.3 is 0 Å². The fourth-order valence-electron chi connectivity index (χ4n) is 1.31. The summed E-state index contributed by atoms with van der Waals surface area (Å²) >= 11 is 3.19. The van der Waals surface area contributed by atoms with Crippen molar-refractivity contribution in [3.63, 3.8) is 0 Å². The zero-order chi connectivity index (χ0) is 13.1. The Bertz CT molecular complexity index is 577. The third-order valence-electron chi connectivity index (χ3n) is 2.25. The molecule has 0 fully saturated rings. The molecule has 0 radical (unpaired) electrons. The fourth-order valence-corrected chi connectivity index (χ4v) is 1.65. The molecular weight excluding hydrogens is 301 g/mol. The third kappa shape index (κ3) is 2.76. The number of anilines is 1. The van der Waals surface area contributed by atoms with E-state index in [0.717, 1.165) is 5.56 Å².